The van der Waals surface area contributed by atoms with E-state index in [9.17, 15) is 4.79 Å². The van der Waals surface area contributed by atoms with Crippen LogP contribution in [0.25, 0.3) is 0 Å². The fourth-order valence-electron chi connectivity index (χ4n) is 1.96. The summed E-state index contributed by atoms with van der Waals surface area (Å²) in [6.07, 6.45) is 0.952. The van der Waals surface area contributed by atoms with E-state index < -0.39 is 0 Å². The zero-order valence-electron chi connectivity index (χ0n) is 12.6. The van der Waals surface area contributed by atoms with E-state index >= 15 is 0 Å². The molecule has 0 aliphatic heterocycles. The first kappa shape index (κ1) is 16.4. The summed E-state index contributed by atoms with van der Waals surface area (Å²) in [6.45, 7) is 2.02. The van der Waals surface area contributed by atoms with Crippen LogP contribution in [-0.4, -0.2) is 19.6 Å². The molecule has 4 nitrogen and oxygen atoms in total. The quantitative estimate of drug-likeness (QED) is 0.842. The Balaban J connectivity index is 1.95. The first-order chi connectivity index (χ1) is 10.6. The summed E-state index contributed by atoms with van der Waals surface area (Å²) in [6, 6.07) is 13.1. The number of aryl methyl sites for hydroxylation is 1. The summed E-state index contributed by atoms with van der Waals surface area (Å²) in [5.41, 5.74) is 1.83. The number of anilines is 1. The number of carbonyl (C=O) groups excluding carboxylic acids is 1. The van der Waals surface area contributed by atoms with Crippen molar-refractivity contribution >= 4 is 27.5 Å². The molecule has 0 saturated heterocycles. The molecule has 0 aliphatic rings. The average molecular weight is 364 g/mol. The fraction of sp³-hybridized carbons (Fsp3) is 0.235. The number of halogens is 1. The van der Waals surface area contributed by atoms with Crippen molar-refractivity contribution in [2.24, 2.45) is 0 Å². The monoisotopic (exact) mass is 363 g/mol. The molecule has 0 bridgehead atoms. The van der Waals surface area contributed by atoms with Gasteiger partial charge in [-0.2, -0.15) is 0 Å². The molecule has 0 aliphatic carbocycles. The van der Waals surface area contributed by atoms with Gasteiger partial charge in [-0.3, -0.25) is 4.79 Å². The van der Waals surface area contributed by atoms with E-state index in [0.29, 0.717) is 17.2 Å². The molecule has 116 valence electrons. The Hall–Kier alpha value is -2.01. The molecule has 1 N–H and O–H groups in total. The van der Waals surface area contributed by atoms with E-state index in [1.54, 1.807) is 19.2 Å². The third kappa shape index (κ3) is 4.24. The van der Waals surface area contributed by atoms with E-state index in [2.05, 4.69) is 28.2 Å². The Morgan fingerprint density at radius 2 is 1.95 bits per heavy atom. The Bertz CT molecular complexity index is 658. The molecule has 2 aromatic rings. The fourth-order valence-corrected chi connectivity index (χ4v) is 2.50. The number of benzene rings is 2. The van der Waals surface area contributed by atoms with Gasteiger partial charge in [0.25, 0.3) is 5.91 Å². The Labute approximate surface area is 138 Å². The number of para-hydroxylation sites is 2. The van der Waals surface area contributed by atoms with Crippen LogP contribution in [0.3, 0.4) is 0 Å². The van der Waals surface area contributed by atoms with Crippen molar-refractivity contribution in [2.45, 2.75) is 13.3 Å². The highest BCUT2D eigenvalue weighted by atomic mass is 79.9. The topological polar surface area (TPSA) is 47.6 Å². The number of ether oxygens (including phenoxy) is 2. The maximum atomic E-state index is 12.0. The minimum atomic E-state index is -0.240. The molecule has 2 aromatic carbocycles. The molecule has 0 saturated carbocycles. The molecule has 2 rings (SSSR count). The molecule has 0 spiro atoms. The maximum Gasteiger partial charge on any atom is 0.262 e. The van der Waals surface area contributed by atoms with E-state index in [-0.39, 0.29) is 12.5 Å². The van der Waals surface area contributed by atoms with Crippen LogP contribution in [-0.2, 0) is 11.2 Å². The number of hydrogen-bond acceptors (Lipinski definition) is 3. The third-order valence-electron chi connectivity index (χ3n) is 3.14. The highest BCUT2D eigenvalue weighted by Gasteiger charge is 2.09. The number of methoxy groups -OCH3 is 1. The van der Waals surface area contributed by atoms with Crippen LogP contribution in [0.1, 0.15) is 12.5 Å². The van der Waals surface area contributed by atoms with Crippen LogP contribution in [0.5, 0.6) is 11.5 Å². The minimum absolute atomic E-state index is 0.0673. The molecule has 0 aromatic heterocycles. The lowest BCUT2D eigenvalue weighted by Gasteiger charge is -2.11. The van der Waals surface area contributed by atoms with Crippen LogP contribution in [0, 0.1) is 0 Å². The molecule has 0 radical (unpaired) electrons. The van der Waals surface area contributed by atoms with Crippen molar-refractivity contribution in [2.75, 3.05) is 19.0 Å². The summed E-state index contributed by atoms with van der Waals surface area (Å²) in [4.78, 5) is 12.0. The summed E-state index contributed by atoms with van der Waals surface area (Å²) >= 11 is 3.45. The lowest BCUT2D eigenvalue weighted by atomic mass is 10.2. The highest BCUT2D eigenvalue weighted by Crippen LogP contribution is 2.26. The molecule has 0 fully saturated rings. The third-order valence-corrected chi connectivity index (χ3v) is 3.76. The largest absolute Gasteiger partial charge is 0.495 e. The summed E-state index contributed by atoms with van der Waals surface area (Å²) < 4.78 is 11.6. The number of rotatable bonds is 6. The van der Waals surface area contributed by atoms with Gasteiger partial charge >= 0.3 is 0 Å². The second-order valence-electron chi connectivity index (χ2n) is 4.66. The van der Waals surface area contributed by atoms with E-state index in [1.807, 2.05) is 30.3 Å². The first-order valence-electron chi connectivity index (χ1n) is 6.98. The second-order valence-corrected chi connectivity index (χ2v) is 5.51. The Morgan fingerprint density at radius 3 is 2.64 bits per heavy atom. The van der Waals surface area contributed by atoms with E-state index in [0.717, 1.165) is 10.9 Å². The van der Waals surface area contributed by atoms with Crippen molar-refractivity contribution in [3.05, 3.63) is 52.5 Å². The summed E-state index contributed by atoms with van der Waals surface area (Å²) in [5.74, 6) is 1.02. The van der Waals surface area contributed by atoms with Crippen LogP contribution < -0.4 is 14.8 Å². The van der Waals surface area contributed by atoms with Gasteiger partial charge in [0.05, 0.1) is 17.3 Å². The Morgan fingerprint density at radius 1 is 1.18 bits per heavy atom. The van der Waals surface area contributed by atoms with E-state index in [1.165, 1.54) is 5.56 Å². The standard InChI is InChI=1S/C17H18BrNO3/c1-3-12-8-9-15(13(18)10-12)22-11-17(20)19-14-6-4-5-7-16(14)21-2/h4-10H,3,11H2,1-2H3,(H,19,20). The van der Waals surface area contributed by atoms with Gasteiger partial charge in [0, 0.05) is 0 Å². The van der Waals surface area contributed by atoms with Gasteiger partial charge < -0.3 is 14.8 Å². The number of nitrogens with one attached hydrogen (secondary N) is 1. The zero-order chi connectivity index (χ0) is 15.9. The molecule has 0 unspecified atom stereocenters. The minimum Gasteiger partial charge on any atom is -0.495 e. The summed E-state index contributed by atoms with van der Waals surface area (Å²) in [5, 5.41) is 2.77. The van der Waals surface area contributed by atoms with Crippen molar-refractivity contribution in [3.63, 3.8) is 0 Å². The van der Waals surface area contributed by atoms with Gasteiger partial charge in [0.2, 0.25) is 0 Å². The van der Waals surface area contributed by atoms with Gasteiger partial charge in [-0.15, -0.1) is 0 Å². The van der Waals surface area contributed by atoms with Gasteiger partial charge in [0.15, 0.2) is 6.61 Å². The predicted molar refractivity (Wildman–Crippen MR) is 90.6 cm³/mol. The molecule has 1 amide bonds. The second kappa shape index (κ2) is 7.84. The molecule has 22 heavy (non-hydrogen) atoms. The molecular formula is C17H18BrNO3. The molecule has 0 atom stereocenters. The maximum absolute atomic E-state index is 12.0. The Kier molecular flexibility index (Phi) is 5.83. The lowest BCUT2D eigenvalue weighted by Crippen LogP contribution is -2.20. The van der Waals surface area contributed by atoms with E-state index in [4.69, 9.17) is 9.47 Å². The molecular weight excluding hydrogens is 346 g/mol. The van der Waals surface area contributed by atoms with Gasteiger partial charge in [-0.1, -0.05) is 25.1 Å². The first-order valence-corrected chi connectivity index (χ1v) is 7.77. The van der Waals surface area contributed by atoms with Crippen LogP contribution in [0.15, 0.2) is 46.9 Å². The lowest BCUT2D eigenvalue weighted by molar-refractivity contribution is -0.118. The molecule has 5 heteroatoms. The van der Waals surface area contributed by atoms with Crippen LogP contribution >= 0.6 is 15.9 Å². The van der Waals surface area contributed by atoms with Crippen LogP contribution in [0.2, 0.25) is 0 Å². The van der Waals surface area contributed by atoms with Gasteiger partial charge in [-0.25, -0.2) is 0 Å². The number of hydrogen-bond donors (Lipinski definition) is 1. The number of carbonyl (C=O) groups is 1. The van der Waals surface area contributed by atoms with Gasteiger partial charge in [0.1, 0.15) is 11.5 Å². The molecule has 0 heterocycles. The summed E-state index contributed by atoms with van der Waals surface area (Å²) in [7, 11) is 1.56. The zero-order valence-corrected chi connectivity index (χ0v) is 14.1. The van der Waals surface area contributed by atoms with Crippen LogP contribution in [0.4, 0.5) is 5.69 Å². The van der Waals surface area contributed by atoms with Crippen molar-refractivity contribution in [1.82, 2.24) is 0 Å². The van der Waals surface area contributed by atoms with Crippen molar-refractivity contribution in [3.8, 4) is 11.5 Å². The SMILES string of the molecule is CCc1ccc(OCC(=O)Nc2ccccc2OC)c(Br)c1. The smallest absolute Gasteiger partial charge is 0.262 e. The normalized spacial score (nSPS) is 10.1. The highest BCUT2D eigenvalue weighted by molar-refractivity contribution is 9.10. The van der Waals surface area contributed by atoms with Crippen molar-refractivity contribution < 1.29 is 14.3 Å². The number of amides is 1. The van der Waals surface area contributed by atoms with Crippen molar-refractivity contribution in [1.29, 1.82) is 0 Å². The van der Waals surface area contributed by atoms with Gasteiger partial charge in [-0.05, 0) is 52.2 Å². The predicted octanol–water partition coefficient (Wildman–Crippen LogP) is 4.04. The average Bonchev–Trinajstić information content (AvgIpc) is 2.54.